The van der Waals surface area contributed by atoms with E-state index in [0.717, 1.165) is 70.4 Å². The molecule has 11 rings (SSSR count). The molecule has 0 saturated carbocycles. The fourth-order valence-electron chi connectivity index (χ4n) is 8.26. The Morgan fingerprint density at radius 3 is 2.57 bits per heavy atom. The molecule has 234 valence electrons. The Balaban J connectivity index is 1.09. The number of hydrogen-bond donors (Lipinski definition) is 1. The van der Waals surface area contributed by atoms with Crippen molar-refractivity contribution >= 4 is 77.9 Å². The number of nitrogens with one attached hydrogen (secondary N) is 1. The predicted molar refractivity (Wildman–Crippen MR) is 205 cm³/mol. The minimum atomic E-state index is 0.0147. The molecule has 0 spiro atoms. The number of allylic oxidation sites excluding steroid dienone is 2. The summed E-state index contributed by atoms with van der Waals surface area (Å²) in [6.07, 6.45) is 13.6. The Kier molecular flexibility index (Phi) is 5.81. The van der Waals surface area contributed by atoms with Gasteiger partial charge in [-0.1, -0.05) is 85.0 Å². The number of amidine groups is 1. The van der Waals surface area contributed by atoms with Gasteiger partial charge in [0.25, 0.3) is 0 Å². The van der Waals surface area contributed by atoms with Crippen LogP contribution in [0.25, 0.3) is 60.8 Å². The molecule has 5 aromatic carbocycles. The fraction of sp³-hybridized carbons (Fsp3) is 0.114. The van der Waals surface area contributed by atoms with Crippen LogP contribution in [0.3, 0.4) is 0 Å². The number of aryl methyl sites for hydroxylation is 2. The van der Waals surface area contributed by atoms with E-state index in [9.17, 15) is 0 Å². The van der Waals surface area contributed by atoms with Gasteiger partial charge in [0.1, 0.15) is 11.4 Å². The summed E-state index contributed by atoms with van der Waals surface area (Å²) in [4.78, 5) is 6.52. The van der Waals surface area contributed by atoms with Gasteiger partial charge in [-0.05, 0) is 90.4 Å². The SMILES string of the molecule is C1=Cc2cc3c(cc2CC1)c1c(n3-c2cccc3c2oc2cc(C4=Nc5c(sc6ccccc56)C(c5ccccc5)N4)ccc23)C=CCC1. The van der Waals surface area contributed by atoms with Gasteiger partial charge in [0.05, 0.1) is 27.8 Å². The van der Waals surface area contributed by atoms with E-state index in [1.54, 1.807) is 0 Å². The number of para-hydroxylation sites is 1. The van der Waals surface area contributed by atoms with E-state index in [1.807, 2.05) is 11.3 Å². The van der Waals surface area contributed by atoms with Crippen molar-refractivity contribution in [3.8, 4) is 5.69 Å². The number of hydrogen-bond acceptors (Lipinski definition) is 4. The summed E-state index contributed by atoms with van der Waals surface area (Å²) in [7, 11) is 0. The lowest BCUT2D eigenvalue weighted by atomic mass is 9.93. The Labute approximate surface area is 287 Å². The second kappa shape index (κ2) is 10.4. The highest BCUT2D eigenvalue weighted by Gasteiger charge is 2.29. The zero-order valence-corrected chi connectivity index (χ0v) is 27.6. The molecule has 3 aliphatic rings. The first kappa shape index (κ1) is 27.3. The Morgan fingerprint density at radius 1 is 0.755 bits per heavy atom. The van der Waals surface area contributed by atoms with E-state index in [1.165, 1.54) is 53.8 Å². The zero-order valence-electron chi connectivity index (χ0n) is 26.7. The van der Waals surface area contributed by atoms with Gasteiger partial charge in [-0.15, -0.1) is 11.3 Å². The van der Waals surface area contributed by atoms with E-state index in [-0.39, 0.29) is 6.04 Å². The molecular weight excluding hydrogens is 619 g/mol. The van der Waals surface area contributed by atoms with Gasteiger partial charge in [-0.2, -0.15) is 0 Å². The Hall–Kier alpha value is -5.65. The summed E-state index contributed by atoms with van der Waals surface area (Å²) in [5.41, 5.74) is 12.9. The van der Waals surface area contributed by atoms with Gasteiger partial charge in [0.2, 0.25) is 0 Å². The quantitative estimate of drug-likeness (QED) is 0.207. The first-order valence-electron chi connectivity index (χ1n) is 17.2. The molecule has 1 aliphatic heterocycles. The maximum atomic E-state index is 6.89. The molecule has 0 fully saturated rings. The summed E-state index contributed by atoms with van der Waals surface area (Å²) in [6, 6.07) is 37.3. The van der Waals surface area contributed by atoms with Crippen molar-refractivity contribution < 1.29 is 4.42 Å². The monoisotopic (exact) mass is 649 g/mol. The van der Waals surface area contributed by atoms with Crippen LogP contribution in [0.1, 0.15) is 57.3 Å². The maximum absolute atomic E-state index is 6.89. The minimum Gasteiger partial charge on any atom is -0.454 e. The van der Waals surface area contributed by atoms with E-state index in [2.05, 4.69) is 137 Å². The van der Waals surface area contributed by atoms with Crippen LogP contribution >= 0.6 is 11.3 Å². The Morgan fingerprint density at radius 2 is 1.61 bits per heavy atom. The van der Waals surface area contributed by atoms with Crippen molar-refractivity contribution in [2.45, 2.75) is 31.7 Å². The summed E-state index contributed by atoms with van der Waals surface area (Å²) >= 11 is 1.82. The van der Waals surface area contributed by atoms with E-state index in [0.29, 0.717) is 0 Å². The molecule has 4 nitrogen and oxygen atoms in total. The smallest absolute Gasteiger partial charge is 0.159 e. The van der Waals surface area contributed by atoms with Gasteiger partial charge >= 0.3 is 0 Å². The van der Waals surface area contributed by atoms with Crippen LogP contribution in [-0.4, -0.2) is 10.4 Å². The van der Waals surface area contributed by atoms with E-state index in [4.69, 9.17) is 9.41 Å². The second-order valence-corrected chi connectivity index (χ2v) is 14.5. The molecule has 49 heavy (non-hydrogen) atoms. The van der Waals surface area contributed by atoms with Crippen molar-refractivity contribution in [1.29, 1.82) is 0 Å². The van der Waals surface area contributed by atoms with Gasteiger partial charge in [-0.3, -0.25) is 0 Å². The summed E-state index contributed by atoms with van der Waals surface area (Å²) in [6.45, 7) is 0. The number of fused-ring (bicyclic) bond motifs is 10. The molecule has 8 aromatic rings. The third-order valence-electron chi connectivity index (χ3n) is 10.6. The van der Waals surface area contributed by atoms with Gasteiger partial charge < -0.3 is 14.3 Å². The van der Waals surface area contributed by atoms with Crippen molar-refractivity contribution in [3.05, 3.63) is 154 Å². The highest BCUT2D eigenvalue weighted by atomic mass is 32.1. The topological polar surface area (TPSA) is 42.5 Å². The molecule has 4 heterocycles. The number of aliphatic imine (C=N–C) groups is 1. The van der Waals surface area contributed by atoms with Crippen molar-refractivity contribution in [2.24, 2.45) is 4.99 Å². The lowest BCUT2D eigenvalue weighted by molar-refractivity contribution is 0.665. The minimum absolute atomic E-state index is 0.0147. The van der Waals surface area contributed by atoms with Crippen molar-refractivity contribution in [2.75, 3.05) is 0 Å². The molecule has 3 aromatic heterocycles. The molecule has 1 N–H and O–H groups in total. The van der Waals surface area contributed by atoms with Crippen LogP contribution in [0.2, 0.25) is 0 Å². The van der Waals surface area contributed by atoms with Crippen molar-refractivity contribution in [3.63, 3.8) is 0 Å². The number of benzene rings is 5. The highest BCUT2D eigenvalue weighted by molar-refractivity contribution is 7.19. The van der Waals surface area contributed by atoms with Gasteiger partial charge in [-0.25, -0.2) is 4.99 Å². The normalized spacial score (nSPS) is 16.6. The number of rotatable bonds is 3. The van der Waals surface area contributed by atoms with Crippen molar-refractivity contribution in [1.82, 2.24) is 9.88 Å². The molecule has 0 saturated heterocycles. The number of aromatic nitrogens is 1. The molecule has 5 heteroatoms. The number of nitrogens with zero attached hydrogens (tertiary/aromatic N) is 2. The fourth-order valence-corrected chi connectivity index (χ4v) is 9.49. The molecule has 0 radical (unpaired) electrons. The second-order valence-electron chi connectivity index (χ2n) is 13.4. The van der Waals surface area contributed by atoms with E-state index >= 15 is 0 Å². The first-order chi connectivity index (χ1) is 24.3. The van der Waals surface area contributed by atoms with E-state index < -0.39 is 0 Å². The maximum Gasteiger partial charge on any atom is 0.159 e. The van der Waals surface area contributed by atoms with Crippen LogP contribution < -0.4 is 5.32 Å². The molecule has 1 atom stereocenters. The molecule has 2 aliphatic carbocycles. The van der Waals surface area contributed by atoms with Crippen LogP contribution in [0.15, 0.2) is 125 Å². The largest absolute Gasteiger partial charge is 0.454 e. The molecular formula is C44H31N3OS. The van der Waals surface area contributed by atoms with Crippen LogP contribution in [0.4, 0.5) is 5.69 Å². The standard InChI is InChI=1S/C44H31N3OS/c1-2-11-26(12-3-1)40-43-41(33-16-7-9-20-39(33)49-43)46-44(45-40)29-21-22-31-32-17-10-19-36(42(32)48-38(31)25-29)47-35-18-8-6-15-30(35)34-23-27-13-4-5-14-28(27)24-37(34)47/h1-3,5,7-12,14,16-25,40H,4,6,13,15H2,(H,45,46). The lowest BCUT2D eigenvalue weighted by Gasteiger charge is -2.25. The molecule has 0 bridgehead atoms. The Bertz CT molecular complexity index is 2750. The average Bonchev–Trinajstić information content (AvgIpc) is 3.83. The molecule has 1 unspecified atom stereocenters. The summed E-state index contributed by atoms with van der Waals surface area (Å²) in [5, 5.41) is 8.62. The highest BCUT2D eigenvalue weighted by Crippen LogP contribution is 2.46. The lowest BCUT2D eigenvalue weighted by Crippen LogP contribution is -2.32. The van der Waals surface area contributed by atoms with Crippen LogP contribution in [0.5, 0.6) is 0 Å². The van der Waals surface area contributed by atoms with Gasteiger partial charge in [0, 0.05) is 37.5 Å². The van der Waals surface area contributed by atoms with Crippen LogP contribution in [0, 0.1) is 0 Å². The average molecular weight is 650 g/mol. The van der Waals surface area contributed by atoms with Crippen LogP contribution in [-0.2, 0) is 12.8 Å². The zero-order chi connectivity index (χ0) is 32.1. The summed E-state index contributed by atoms with van der Waals surface area (Å²) in [5.74, 6) is 0.862. The number of furan rings is 1. The third-order valence-corrected chi connectivity index (χ3v) is 11.8. The first-order valence-corrected chi connectivity index (χ1v) is 18.0. The summed E-state index contributed by atoms with van der Waals surface area (Å²) < 4.78 is 10.6. The van der Waals surface area contributed by atoms with Gasteiger partial charge in [0.15, 0.2) is 5.58 Å². The molecule has 0 amide bonds. The third kappa shape index (κ3) is 4.06. The predicted octanol–water partition coefficient (Wildman–Crippen LogP) is 11.4. The number of thiophene rings is 1.